The van der Waals surface area contributed by atoms with Crippen LogP contribution < -0.4 is 20.3 Å². The number of ether oxygens (including phenoxy) is 1. The van der Waals surface area contributed by atoms with Crippen LogP contribution in [0.25, 0.3) is 0 Å². The van der Waals surface area contributed by atoms with Gasteiger partial charge in [0.2, 0.25) is 0 Å². The van der Waals surface area contributed by atoms with E-state index in [-0.39, 0.29) is 16.5 Å². The molecule has 4 N–H and O–H groups in total. The van der Waals surface area contributed by atoms with E-state index in [1.54, 1.807) is 19.2 Å². The first kappa shape index (κ1) is 30.3. The van der Waals surface area contributed by atoms with Gasteiger partial charge in [0.1, 0.15) is 5.82 Å². The molecule has 204 valence electrons. The molecule has 1 aliphatic rings. The Morgan fingerprint density at radius 2 is 1.81 bits per heavy atom. The number of pyridine rings is 1. The Bertz CT molecular complexity index is 1180. The van der Waals surface area contributed by atoms with Crippen molar-refractivity contribution in [2.75, 3.05) is 56.1 Å². The Balaban J connectivity index is 0.000000604. The minimum atomic E-state index is -5.08. The maximum absolute atomic E-state index is 12.8. The van der Waals surface area contributed by atoms with E-state index in [0.29, 0.717) is 37.6 Å². The summed E-state index contributed by atoms with van der Waals surface area (Å²) < 4.78 is 65.4. The molecule has 0 atom stereocenters. The number of piperazine rings is 1. The number of rotatable bonds is 8. The number of carboxylic acids is 1. The van der Waals surface area contributed by atoms with Crippen molar-refractivity contribution in [3.8, 4) is 0 Å². The maximum atomic E-state index is 12.8. The maximum Gasteiger partial charge on any atom is 0.490 e. The molecule has 11 nitrogen and oxygen atoms in total. The third-order valence-electron chi connectivity index (χ3n) is 4.74. The van der Waals surface area contributed by atoms with Gasteiger partial charge in [0, 0.05) is 44.3 Å². The van der Waals surface area contributed by atoms with Gasteiger partial charge in [0.05, 0.1) is 29.0 Å². The van der Waals surface area contributed by atoms with Gasteiger partial charge in [0.25, 0.3) is 15.9 Å². The summed E-state index contributed by atoms with van der Waals surface area (Å²) in [4.78, 5) is 28.2. The minimum Gasteiger partial charge on any atom is -0.475 e. The number of nitrogens with one attached hydrogen (secondary N) is 3. The van der Waals surface area contributed by atoms with Crippen molar-refractivity contribution in [1.29, 1.82) is 0 Å². The Morgan fingerprint density at radius 1 is 1.22 bits per heavy atom. The number of alkyl halides is 3. The van der Waals surface area contributed by atoms with Crippen molar-refractivity contribution in [1.82, 2.24) is 15.6 Å². The molecule has 0 spiro atoms. The highest BCUT2D eigenvalue weighted by atomic mass is 79.9. The zero-order chi connectivity index (χ0) is 27.6. The van der Waals surface area contributed by atoms with E-state index in [0.717, 1.165) is 17.6 Å². The van der Waals surface area contributed by atoms with E-state index in [4.69, 9.17) is 14.6 Å². The van der Waals surface area contributed by atoms with Crippen LogP contribution in [0.15, 0.2) is 45.9 Å². The third-order valence-corrected chi connectivity index (χ3v) is 6.66. The molecule has 2 aromatic rings. The summed E-state index contributed by atoms with van der Waals surface area (Å²) in [6.45, 7) is 3.68. The minimum absolute atomic E-state index is 0.114. The SMILES string of the molecule is COCCNC(=O)c1cc(NS(=O)(=O)c2ccc(Br)cc2)cnc1N1CCNCC1.O=C(O)C(F)(F)F. The molecule has 2 heterocycles. The summed E-state index contributed by atoms with van der Waals surface area (Å²) in [7, 11) is -2.26. The lowest BCUT2D eigenvalue weighted by Gasteiger charge is -2.30. The number of nitrogens with zero attached hydrogens (tertiary/aromatic N) is 2. The molecule has 0 bridgehead atoms. The van der Waals surface area contributed by atoms with E-state index in [2.05, 4.69) is 36.3 Å². The van der Waals surface area contributed by atoms with Crippen LogP contribution in [0, 0.1) is 0 Å². The summed E-state index contributed by atoms with van der Waals surface area (Å²) in [5, 5.41) is 13.2. The van der Waals surface area contributed by atoms with Crippen molar-refractivity contribution >= 4 is 49.3 Å². The highest BCUT2D eigenvalue weighted by molar-refractivity contribution is 9.10. The molecule has 0 saturated carbocycles. The number of anilines is 2. The van der Waals surface area contributed by atoms with Crippen molar-refractivity contribution < 1.29 is 41.0 Å². The van der Waals surface area contributed by atoms with Gasteiger partial charge in [0.15, 0.2) is 0 Å². The molecule has 16 heteroatoms. The fourth-order valence-electron chi connectivity index (χ4n) is 3.00. The van der Waals surface area contributed by atoms with Gasteiger partial charge < -0.3 is 25.4 Å². The van der Waals surface area contributed by atoms with Crippen LogP contribution in [0.4, 0.5) is 24.7 Å². The van der Waals surface area contributed by atoms with Crippen LogP contribution in [0.5, 0.6) is 0 Å². The van der Waals surface area contributed by atoms with Crippen molar-refractivity contribution in [2.45, 2.75) is 11.1 Å². The largest absolute Gasteiger partial charge is 0.490 e. The summed E-state index contributed by atoms with van der Waals surface area (Å²) in [5.41, 5.74) is 0.526. The van der Waals surface area contributed by atoms with E-state index >= 15 is 0 Å². The number of methoxy groups -OCH3 is 1. The molecule has 1 amide bonds. The topological polar surface area (TPSA) is 150 Å². The summed E-state index contributed by atoms with van der Waals surface area (Å²) in [5.74, 6) is -2.57. The molecule has 37 heavy (non-hydrogen) atoms. The number of aliphatic carboxylic acids is 1. The predicted octanol–water partition coefficient (Wildman–Crippen LogP) is 2.06. The molecule has 3 rings (SSSR count). The van der Waals surface area contributed by atoms with Gasteiger partial charge >= 0.3 is 12.1 Å². The highest BCUT2D eigenvalue weighted by Crippen LogP contribution is 2.24. The molecule has 1 aromatic heterocycles. The molecule has 1 saturated heterocycles. The highest BCUT2D eigenvalue weighted by Gasteiger charge is 2.38. The van der Waals surface area contributed by atoms with E-state index in [1.165, 1.54) is 24.4 Å². The molecule has 1 fully saturated rings. The number of carbonyl (C=O) groups is 2. The lowest BCUT2D eigenvalue weighted by atomic mass is 10.2. The fraction of sp³-hybridized carbons (Fsp3) is 0.381. The summed E-state index contributed by atoms with van der Waals surface area (Å²) >= 11 is 3.29. The second-order valence-electron chi connectivity index (χ2n) is 7.44. The van der Waals surface area contributed by atoms with Crippen LogP contribution >= 0.6 is 15.9 Å². The van der Waals surface area contributed by atoms with Crippen LogP contribution in [0.2, 0.25) is 0 Å². The zero-order valence-electron chi connectivity index (χ0n) is 19.5. The fourth-order valence-corrected chi connectivity index (χ4v) is 4.30. The van der Waals surface area contributed by atoms with Crippen molar-refractivity contribution in [3.63, 3.8) is 0 Å². The first-order valence-corrected chi connectivity index (χ1v) is 12.9. The lowest BCUT2D eigenvalue weighted by Crippen LogP contribution is -2.44. The molecule has 1 aromatic carbocycles. The number of hydrogen-bond acceptors (Lipinski definition) is 8. The van der Waals surface area contributed by atoms with E-state index in [9.17, 15) is 26.4 Å². The van der Waals surface area contributed by atoms with Crippen LogP contribution in [0.3, 0.4) is 0 Å². The van der Waals surface area contributed by atoms with Crippen molar-refractivity contribution in [2.24, 2.45) is 0 Å². The first-order valence-electron chi connectivity index (χ1n) is 10.7. The van der Waals surface area contributed by atoms with Crippen LogP contribution in [-0.2, 0) is 19.6 Å². The van der Waals surface area contributed by atoms with Gasteiger partial charge in [-0.1, -0.05) is 15.9 Å². The number of halogens is 4. The normalized spacial score (nSPS) is 13.8. The van der Waals surface area contributed by atoms with Gasteiger partial charge in [-0.05, 0) is 30.3 Å². The molecule has 0 radical (unpaired) electrons. The second-order valence-corrected chi connectivity index (χ2v) is 10.0. The van der Waals surface area contributed by atoms with E-state index in [1.807, 2.05) is 4.90 Å². The Kier molecular flexibility index (Phi) is 11.1. The van der Waals surface area contributed by atoms with Gasteiger partial charge in [-0.3, -0.25) is 9.52 Å². The average Bonchev–Trinajstić information content (AvgIpc) is 2.84. The molecule has 0 aliphatic carbocycles. The van der Waals surface area contributed by atoms with Gasteiger partial charge in [-0.2, -0.15) is 13.2 Å². The number of hydrogen-bond donors (Lipinski definition) is 4. The van der Waals surface area contributed by atoms with Gasteiger partial charge in [-0.25, -0.2) is 18.2 Å². The number of carboxylic acid groups (broad SMARTS) is 1. The predicted molar refractivity (Wildman–Crippen MR) is 132 cm³/mol. The number of sulfonamides is 1. The molecular weight excluding hydrogens is 587 g/mol. The Morgan fingerprint density at radius 3 is 2.35 bits per heavy atom. The lowest BCUT2D eigenvalue weighted by molar-refractivity contribution is -0.192. The second kappa shape index (κ2) is 13.6. The summed E-state index contributed by atoms with van der Waals surface area (Å²) in [6, 6.07) is 7.80. The van der Waals surface area contributed by atoms with E-state index < -0.39 is 22.2 Å². The molecule has 1 aliphatic heterocycles. The third kappa shape index (κ3) is 9.46. The smallest absolute Gasteiger partial charge is 0.475 e. The molecular formula is C21H25BrF3N5O6S. The zero-order valence-corrected chi connectivity index (χ0v) is 21.9. The van der Waals surface area contributed by atoms with Crippen LogP contribution in [0.1, 0.15) is 10.4 Å². The quantitative estimate of drug-likeness (QED) is 0.329. The first-order chi connectivity index (χ1) is 17.3. The Labute approximate surface area is 219 Å². The number of benzene rings is 1. The van der Waals surface area contributed by atoms with Crippen LogP contribution in [-0.4, -0.2) is 83.0 Å². The molecule has 0 unspecified atom stereocenters. The average molecular weight is 612 g/mol. The number of carbonyl (C=O) groups excluding carboxylic acids is 1. The monoisotopic (exact) mass is 611 g/mol. The van der Waals surface area contributed by atoms with Gasteiger partial charge in [-0.15, -0.1) is 0 Å². The van der Waals surface area contributed by atoms with Crippen molar-refractivity contribution in [3.05, 3.63) is 46.6 Å². The summed E-state index contributed by atoms with van der Waals surface area (Å²) in [6.07, 6.45) is -3.65. The number of aromatic nitrogens is 1. The Hall–Kier alpha value is -2.95. The number of amides is 1. The standard InChI is InChI=1S/C19H24BrN5O4S.C2HF3O2/c1-29-11-8-22-19(26)17-12-15(13-23-18(17)25-9-6-21-7-10-25)24-30(27,28)16-4-2-14(20)3-5-16;3-2(4,5)1(6)7/h2-5,12-13,21,24H,6-11H2,1H3,(H,22,26);(H,6,7).